The average molecular weight is 394 g/mol. The number of hydrogen-bond acceptors (Lipinski definition) is 4. The number of rotatable bonds is 4. The van der Waals surface area contributed by atoms with E-state index in [0.29, 0.717) is 6.42 Å². The van der Waals surface area contributed by atoms with Crippen LogP contribution in [0.5, 0.6) is 0 Å². The van der Waals surface area contributed by atoms with Gasteiger partial charge < -0.3 is 15.4 Å². The molecular formula is C14H23IN2O3. The van der Waals surface area contributed by atoms with E-state index in [1.165, 1.54) is 0 Å². The Morgan fingerprint density at radius 1 is 1.40 bits per heavy atom. The number of ether oxygens (including phenoxy) is 1. The number of halogens is 1. The van der Waals surface area contributed by atoms with Crippen LogP contribution in [0.4, 0.5) is 0 Å². The quantitative estimate of drug-likeness (QED) is 0.343. The van der Waals surface area contributed by atoms with Gasteiger partial charge in [-0.1, -0.05) is 29.2 Å². The smallest absolute Gasteiger partial charge is 0.329 e. The molecule has 6 heteroatoms. The molecule has 0 aromatic rings. The van der Waals surface area contributed by atoms with Crippen molar-refractivity contribution >= 4 is 34.5 Å². The Hall–Kier alpha value is -0.790. The minimum absolute atomic E-state index is 0.0288. The van der Waals surface area contributed by atoms with Gasteiger partial charge >= 0.3 is 5.97 Å². The molecule has 20 heavy (non-hydrogen) atoms. The second-order valence-electron chi connectivity index (χ2n) is 6.00. The fourth-order valence-corrected chi connectivity index (χ4v) is 3.09. The molecule has 0 aromatic carbocycles. The molecule has 5 nitrogen and oxygen atoms in total. The van der Waals surface area contributed by atoms with Gasteiger partial charge in [-0.15, -0.1) is 0 Å². The summed E-state index contributed by atoms with van der Waals surface area (Å²) in [6, 6.07) is -0.507. The van der Waals surface area contributed by atoms with E-state index < -0.39 is 11.6 Å². The highest BCUT2D eigenvalue weighted by molar-refractivity contribution is 14.1. The highest BCUT2D eigenvalue weighted by Gasteiger charge is 2.42. The van der Waals surface area contributed by atoms with E-state index in [0.717, 1.165) is 17.3 Å². The normalized spacial score (nSPS) is 22.7. The molecule has 2 unspecified atom stereocenters. The summed E-state index contributed by atoms with van der Waals surface area (Å²) >= 11 is 2.27. The molecule has 1 amide bonds. The maximum absolute atomic E-state index is 12.3. The summed E-state index contributed by atoms with van der Waals surface area (Å²) in [7, 11) is 0. The summed E-state index contributed by atoms with van der Waals surface area (Å²) in [5.41, 5.74) is 4.93. The first kappa shape index (κ1) is 17.3. The predicted molar refractivity (Wildman–Crippen MR) is 86.3 cm³/mol. The molecule has 114 valence electrons. The van der Waals surface area contributed by atoms with Crippen molar-refractivity contribution in [1.82, 2.24) is 4.90 Å². The monoisotopic (exact) mass is 394 g/mol. The third-order valence-corrected chi connectivity index (χ3v) is 3.76. The van der Waals surface area contributed by atoms with Gasteiger partial charge in [0.1, 0.15) is 11.6 Å². The van der Waals surface area contributed by atoms with Crippen LogP contribution in [0.3, 0.4) is 0 Å². The lowest BCUT2D eigenvalue weighted by Crippen LogP contribution is -2.48. The van der Waals surface area contributed by atoms with Crippen LogP contribution in [0.1, 0.15) is 40.0 Å². The Labute approximate surface area is 134 Å². The Morgan fingerprint density at radius 3 is 2.45 bits per heavy atom. The highest BCUT2D eigenvalue weighted by atomic mass is 127. The van der Waals surface area contributed by atoms with Gasteiger partial charge in [-0.3, -0.25) is 4.79 Å². The van der Waals surface area contributed by atoms with Crippen molar-refractivity contribution in [2.75, 3.05) is 4.43 Å². The van der Waals surface area contributed by atoms with Gasteiger partial charge in [0.2, 0.25) is 0 Å². The second kappa shape index (κ2) is 6.78. The van der Waals surface area contributed by atoms with Crippen molar-refractivity contribution in [3.63, 3.8) is 0 Å². The first-order chi connectivity index (χ1) is 9.17. The number of nitrogens with two attached hydrogens (primary N) is 1. The Morgan fingerprint density at radius 2 is 2.00 bits per heavy atom. The lowest BCUT2D eigenvalue weighted by Gasteiger charge is -2.31. The number of esters is 1. The lowest BCUT2D eigenvalue weighted by atomic mass is 10.1. The third-order valence-electron chi connectivity index (χ3n) is 3.13. The molecule has 1 aliphatic rings. The van der Waals surface area contributed by atoms with Crippen molar-refractivity contribution in [2.45, 2.75) is 57.7 Å². The summed E-state index contributed by atoms with van der Waals surface area (Å²) in [5.74, 6) is -0.712. The van der Waals surface area contributed by atoms with Crippen LogP contribution in [0.25, 0.3) is 0 Å². The fraction of sp³-hybridized carbons (Fsp3) is 0.714. The van der Waals surface area contributed by atoms with Crippen molar-refractivity contribution in [3.05, 3.63) is 12.3 Å². The predicted octanol–water partition coefficient (Wildman–Crippen LogP) is 1.99. The number of carbonyl (C=O) groups excluding carboxylic acids is 2. The van der Waals surface area contributed by atoms with E-state index in [1.807, 2.05) is 20.8 Å². The summed E-state index contributed by atoms with van der Waals surface area (Å²) in [6.45, 7) is 8.94. The molecule has 1 fully saturated rings. The Bertz CT molecular complexity index is 404. The summed E-state index contributed by atoms with van der Waals surface area (Å²) in [4.78, 5) is 26.0. The van der Waals surface area contributed by atoms with Gasteiger partial charge in [0, 0.05) is 10.5 Å². The maximum Gasteiger partial charge on any atom is 0.329 e. The van der Waals surface area contributed by atoms with E-state index in [2.05, 4.69) is 29.2 Å². The van der Waals surface area contributed by atoms with Gasteiger partial charge in [-0.25, -0.2) is 4.79 Å². The molecule has 1 aliphatic heterocycles. The topological polar surface area (TPSA) is 72.6 Å². The van der Waals surface area contributed by atoms with Crippen LogP contribution < -0.4 is 5.73 Å². The van der Waals surface area contributed by atoms with E-state index in [-0.39, 0.29) is 23.6 Å². The maximum atomic E-state index is 12.3. The largest absolute Gasteiger partial charge is 0.458 e. The molecular weight excluding hydrogens is 371 g/mol. The molecule has 2 atom stereocenters. The summed E-state index contributed by atoms with van der Waals surface area (Å²) in [6.07, 6.45) is 2.26. The van der Waals surface area contributed by atoms with E-state index in [4.69, 9.17) is 10.5 Å². The Kier molecular flexibility index (Phi) is 5.85. The Balaban J connectivity index is 2.91. The molecule has 1 heterocycles. The molecule has 0 spiro atoms. The minimum Gasteiger partial charge on any atom is -0.458 e. The second-order valence-corrected chi connectivity index (χ2v) is 7.07. The fourth-order valence-electron chi connectivity index (χ4n) is 2.37. The van der Waals surface area contributed by atoms with Crippen LogP contribution in [0.2, 0.25) is 0 Å². The zero-order chi connectivity index (χ0) is 15.5. The number of nitrogens with zero attached hydrogens (tertiary/aromatic N) is 1. The van der Waals surface area contributed by atoms with Gasteiger partial charge in [0.15, 0.2) is 0 Å². The van der Waals surface area contributed by atoms with Crippen molar-refractivity contribution in [1.29, 1.82) is 0 Å². The van der Waals surface area contributed by atoms with Gasteiger partial charge in [-0.2, -0.15) is 0 Å². The van der Waals surface area contributed by atoms with Crippen LogP contribution >= 0.6 is 22.6 Å². The average Bonchev–Trinajstić information content (AvgIpc) is 2.70. The molecule has 0 bridgehead atoms. The van der Waals surface area contributed by atoms with Crippen LogP contribution in [-0.2, 0) is 14.3 Å². The minimum atomic E-state index is -0.563. The number of carbonyl (C=O) groups is 2. The van der Waals surface area contributed by atoms with Crippen LogP contribution in [0.15, 0.2) is 12.3 Å². The number of amides is 1. The first-order valence-electron chi connectivity index (χ1n) is 6.73. The standard InChI is InChI=1S/C14H23IN2O3/c1-9(16)12(18)17-10(7-8-15)5-6-11(17)13(19)20-14(2,3)4/h10-11H,1,5-8,16H2,2-4H3. The molecule has 0 saturated carbocycles. The number of likely N-dealkylation sites (tertiary alicyclic amines) is 1. The van der Waals surface area contributed by atoms with Crippen molar-refractivity contribution < 1.29 is 14.3 Å². The first-order valence-corrected chi connectivity index (χ1v) is 8.25. The third kappa shape index (κ3) is 4.36. The summed E-state index contributed by atoms with van der Waals surface area (Å²) < 4.78 is 6.32. The van der Waals surface area contributed by atoms with E-state index in [9.17, 15) is 9.59 Å². The summed E-state index contributed by atoms with van der Waals surface area (Å²) in [5, 5.41) is 0. The molecule has 2 N–H and O–H groups in total. The molecule has 0 aliphatic carbocycles. The van der Waals surface area contributed by atoms with Crippen molar-refractivity contribution in [3.8, 4) is 0 Å². The molecule has 1 saturated heterocycles. The van der Waals surface area contributed by atoms with E-state index >= 15 is 0 Å². The molecule has 1 rings (SSSR count). The zero-order valence-electron chi connectivity index (χ0n) is 12.3. The molecule has 0 radical (unpaired) electrons. The molecule has 0 aromatic heterocycles. The van der Waals surface area contributed by atoms with Gasteiger partial charge in [-0.05, 0) is 40.0 Å². The van der Waals surface area contributed by atoms with Crippen molar-refractivity contribution in [2.24, 2.45) is 5.73 Å². The zero-order valence-corrected chi connectivity index (χ0v) is 14.5. The van der Waals surface area contributed by atoms with Crippen LogP contribution in [0, 0.1) is 0 Å². The number of alkyl halides is 1. The van der Waals surface area contributed by atoms with E-state index in [1.54, 1.807) is 4.90 Å². The highest BCUT2D eigenvalue weighted by Crippen LogP contribution is 2.29. The van der Waals surface area contributed by atoms with Crippen LogP contribution in [-0.4, -0.2) is 38.9 Å². The SMILES string of the molecule is C=C(N)C(=O)N1C(CCI)CCC1C(=O)OC(C)(C)C. The lowest BCUT2D eigenvalue weighted by molar-refractivity contribution is -0.163. The van der Waals surface area contributed by atoms with Gasteiger partial charge in [0.05, 0.1) is 5.70 Å². The van der Waals surface area contributed by atoms with Gasteiger partial charge in [0.25, 0.3) is 5.91 Å². The number of hydrogen-bond donors (Lipinski definition) is 1.